The number of rotatable bonds is 8. The lowest BCUT2D eigenvalue weighted by molar-refractivity contribution is 0.309. The van der Waals surface area contributed by atoms with E-state index in [1.807, 2.05) is 0 Å². The van der Waals surface area contributed by atoms with Crippen molar-refractivity contribution in [2.45, 2.75) is 16.4 Å². The van der Waals surface area contributed by atoms with Crippen molar-refractivity contribution >= 4 is 59.0 Å². The van der Waals surface area contributed by atoms with Gasteiger partial charge in [-0.2, -0.15) is 8.43 Å². The molecule has 0 amide bonds. The molecule has 1 atom stereocenters. The Morgan fingerprint density at radius 3 is 2.32 bits per heavy atom. The summed E-state index contributed by atoms with van der Waals surface area (Å²) in [6.45, 7) is 0.473. The minimum Gasteiger partial charge on any atom is -0.488 e. The maximum absolute atomic E-state index is 12.8. The van der Waals surface area contributed by atoms with Gasteiger partial charge in [-0.1, -0.05) is 22.9 Å². The standard InChI is InChI=1S/C20H20ClN3O6S4/c21-15-1-5-19(6-2-15)34(28,29)24-9-11-32(12-10-24)23-33(26,27)18-7-3-16(4-8-18)30-14-17-13-22-20(25)31-17/h1-8,11,13,23H,9-10,12,14H2,(H,22,25). The Labute approximate surface area is 208 Å². The van der Waals surface area contributed by atoms with Crippen LogP contribution in [-0.4, -0.2) is 50.3 Å². The first-order valence-corrected chi connectivity index (χ1v) is 15.4. The highest BCUT2D eigenvalue weighted by molar-refractivity contribution is 8.20. The molecule has 2 aromatic carbocycles. The molecule has 1 aliphatic heterocycles. The molecular weight excluding hydrogens is 542 g/mol. The van der Waals surface area contributed by atoms with Crippen LogP contribution >= 0.6 is 33.6 Å². The van der Waals surface area contributed by atoms with Crippen molar-refractivity contribution in [3.05, 3.63) is 74.3 Å². The van der Waals surface area contributed by atoms with Crippen LogP contribution in [0.2, 0.25) is 5.02 Å². The summed E-state index contributed by atoms with van der Waals surface area (Å²) in [7, 11) is -8.31. The summed E-state index contributed by atoms with van der Waals surface area (Å²) in [5.74, 6) is 0.793. The second-order valence-electron chi connectivity index (χ2n) is 7.11. The molecule has 0 saturated carbocycles. The van der Waals surface area contributed by atoms with Gasteiger partial charge in [0.05, 0.1) is 14.7 Å². The molecule has 0 radical (unpaired) electrons. The lowest BCUT2D eigenvalue weighted by Crippen LogP contribution is -2.39. The van der Waals surface area contributed by atoms with Gasteiger partial charge in [-0.25, -0.2) is 16.8 Å². The number of hydrogen-bond donors (Lipinski definition) is 2. The van der Waals surface area contributed by atoms with Crippen LogP contribution in [0.15, 0.2) is 69.3 Å². The number of aromatic nitrogens is 1. The van der Waals surface area contributed by atoms with Gasteiger partial charge >= 0.3 is 4.87 Å². The second-order valence-corrected chi connectivity index (χ2v) is 14.3. The van der Waals surface area contributed by atoms with Crippen LogP contribution in [-0.2, 0) is 26.7 Å². The molecule has 1 aliphatic rings. The third-order valence-electron chi connectivity index (χ3n) is 4.80. The number of nitrogens with zero attached hydrogens (tertiary/aromatic N) is 1. The van der Waals surface area contributed by atoms with Gasteiger partial charge in [-0.15, -0.1) is 10.7 Å². The SMILES string of the molecule is O=c1[nH]cc(COc2ccc(S(=O)(=O)NS3=CCN(S(=O)(=O)c4ccc(Cl)cc4)CC3)cc2)s1. The smallest absolute Gasteiger partial charge is 0.304 e. The molecule has 1 unspecified atom stereocenters. The molecule has 0 fully saturated rings. The Balaban J connectivity index is 1.38. The monoisotopic (exact) mass is 561 g/mol. The summed E-state index contributed by atoms with van der Waals surface area (Å²) >= 11 is 6.88. The Kier molecular flexibility index (Phi) is 7.62. The predicted octanol–water partition coefficient (Wildman–Crippen LogP) is 2.64. The van der Waals surface area contributed by atoms with Crippen molar-refractivity contribution in [2.24, 2.45) is 0 Å². The van der Waals surface area contributed by atoms with Crippen LogP contribution in [0.4, 0.5) is 0 Å². The summed E-state index contributed by atoms with van der Waals surface area (Å²) in [6.07, 6.45) is 1.57. The number of H-pyrrole nitrogens is 1. The molecule has 4 rings (SSSR count). The fraction of sp³-hybridized carbons (Fsp3) is 0.200. The van der Waals surface area contributed by atoms with E-state index in [0.29, 0.717) is 16.5 Å². The highest BCUT2D eigenvalue weighted by Crippen LogP contribution is 2.24. The first-order valence-electron chi connectivity index (χ1n) is 9.85. The average molecular weight is 562 g/mol. The number of halogens is 1. The Morgan fingerprint density at radius 1 is 1.06 bits per heavy atom. The van der Waals surface area contributed by atoms with Crippen LogP contribution in [0.5, 0.6) is 5.75 Å². The van der Waals surface area contributed by atoms with Gasteiger partial charge in [0.15, 0.2) is 0 Å². The molecule has 2 heterocycles. The molecule has 34 heavy (non-hydrogen) atoms. The minimum atomic E-state index is -3.80. The number of benzene rings is 2. The van der Waals surface area contributed by atoms with Gasteiger partial charge in [0.25, 0.3) is 0 Å². The highest BCUT2D eigenvalue weighted by atomic mass is 35.5. The number of aromatic amines is 1. The van der Waals surface area contributed by atoms with E-state index >= 15 is 0 Å². The van der Waals surface area contributed by atoms with Crippen LogP contribution in [0, 0.1) is 0 Å². The lowest BCUT2D eigenvalue weighted by Gasteiger charge is -2.26. The van der Waals surface area contributed by atoms with E-state index in [9.17, 15) is 21.6 Å². The molecule has 182 valence electrons. The van der Waals surface area contributed by atoms with E-state index in [2.05, 4.69) is 9.11 Å². The van der Waals surface area contributed by atoms with Gasteiger partial charge < -0.3 is 9.72 Å². The number of ether oxygens (including phenoxy) is 1. The molecular formula is C20H20ClN3O6S4. The molecule has 14 heteroatoms. The Bertz CT molecular complexity index is 1460. The molecule has 0 saturated heterocycles. The lowest BCUT2D eigenvalue weighted by atomic mass is 10.3. The number of hydrogen-bond acceptors (Lipinski definition) is 7. The quantitative estimate of drug-likeness (QED) is 0.407. The van der Waals surface area contributed by atoms with Crippen molar-refractivity contribution < 1.29 is 21.6 Å². The Morgan fingerprint density at radius 2 is 1.74 bits per heavy atom. The Hall–Kier alpha value is -2.00. The van der Waals surface area contributed by atoms with E-state index in [4.69, 9.17) is 16.3 Å². The topological polar surface area (TPSA) is 126 Å². The van der Waals surface area contributed by atoms with Crippen molar-refractivity contribution in [1.82, 2.24) is 13.4 Å². The van der Waals surface area contributed by atoms with E-state index in [0.717, 1.165) is 16.2 Å². The zero-order chi connectivity index (χ0) is 24.3. The molecule has 9 nitrogen and oxygen atoms in total. The minimum absolute atomic E-state index is 0.0725. The van der Waals surface area contributed by atoms with Crippen molar-refractivity contribution in [3.63, 3.8) is 0 Å². The van der Waals surface area contributed by atoms with Gasteiger partial charge in [-0.05, 0) is 53.9 Å². The predicted molar refractivity (Wildman–Crippen MR) is 135 cm³/mol. The van der Waals surface area contributed by atoms with Gasteiger partial charge in [0, 0.05) is 30.1 Å². The maximum atomic E-state index is 12.8. The first kappa shape index (κ1) is 25.1. The highest BCUT2D eigenvalue weighted by Gasteiger charge is 2.27. The van der Waals surface area contributed by atoms with Crippen molar-refractivity contribution in [2.75, 3.05) is 18.8 Å². The summed E-state index contributed by atoms with van der Waals surface area (Å²) in [5.41, 5.74) is 0. The third-order valence-corrected chi connectivity index (χ3v) is 11.5. The van der Waals surface area contributed by atoms with Gasteiger partial charge in [-0.3, -0.25) is 4.79 Å². The number of sulfonamides is 2. The average Bonchev–Trinajstić information content (AvgIpc) is 3.23. The molecule has 1 aromatic heterocycles. The third kappa shape index (κ3) is 5.97. The first-order chi connectivity index (χ1) is 16.1. The summed E-state index contributed by atoms with van der Waals surface area (Å²) < 4.78 is 60.7. The van der Waals surface area contributed by atoms with Gasteiger partial charge in [0.2, 0.25) is 20.0 Å². The van der Waals surface area contributed by atoms with Crippen molar-refractivity contribution in [1.29, 1.82) is 0 Å². The maximum Gasteiger partial charge on any atom is 0.304 e. The second kappa shape index (κ2) is 10.3. The fourth-order valence-electron chi connectivity index (χ4n) is 3.04. The summed E-state index contributed by atoms with van der Waals surface area (Å²) in [6, 6.07) is 11.9. The number of thiazole rings is 1. The van der Waals surface area contributed by atoms with E-state index < -0.39 is 30.7 Å². The molecule has 0 spiro atoms. The van der Waals surface area contributed by atoms with Crippen LogP contribution in [0.1, 0.15) is 4.88 Å². The summed E-state index contributed by atoms with van der Waals surface area (Å²) in [4.78, 5) is 14.5. The largest absolute Gasteiger partial charge is 0.488 e. The normalized spacial score (nSPS) is 17.3. The molecule has 3 aromatic rings. The van der Waals surface area contributed by atoms with E-state index in [1.165, 1.54) is 52.8 Å². The molecule has 0 bridgehead atoms. The molecule has 0 aliphatic carbocycles. The van der Waals surface area contributed by atoms with Crippen LogP contribution in [0.25, 0.3) is 0 Å². The zero-order valence-electron chi connectivity index (χ0n) is 17.5. The summed E-state index contributed by atoms with van der Waals surface area (Å²) in [5, 5.41) is 2.10. The van der Waals surface area contributed by atoms with Crippen LogP contribution in [0.3, 0.4) is 0 Å². The molecule has 2 N–H and O–H groups in total. The fourth-order valence-corrected chi connectivity index (χ4v) is 8.91. The zero-order valence-corrected chi connectivity index (χ0v) is 21.5. The van der Waals surface area contributed by atoms with Gasteiger partial charge in [0.1, 0.15) is 12.4 Å². The van der Waals surface area contributed by atoms with E-state index in [-0.39, 0.29) is 34.4 Å². The van der Waals surface area contributed by atoms with Crippen LogP contribution < -0.4 is 13.7 Å². The van der Waals surface area contributed by atoms with Crippen molar-refractivity contribution in [3.8, 4) is 5.75 Å². The van der Waals surface area contributed by atoms with E-state index in [1.54, 1.807) is 11.6 Å². The number of nitrogens with one attached hydrogen (secondary N) is 2.